The monoisotopic (exact) mass is 226 g/mol. The van der Waals surface area contributed by atoms with E-state index in [-0.39, 0.29) is 6.10 Å². The summed E-state index contributed by atoms with van der Waals surface area (Å²) in [5.74, 6) is 0. The lowest BCUT2D eigenvalue weighted by Crippen LogP contribution is -2.31. The quantitative estimate of drug-likeness (QED) is 0.718. The summed E-state index contributed by atoms with van der Waals surface area (Å²) in [4.78, 5) is 24.5. The maximum absolute atomic E-state index is 11.5. The lowest BCUT2D eigenvalue weighted by Gasteiger charge is -2.14. The van der Waals surface area contributed by atoms with Crippen LogP contribution in [0.5, 0.6) is 0 Å². The summed E-state index contributed by atoms with van der Waals surface area (Å²) in [7, 11) is 0. The number of rotatable bonds is 2. The van der Waals surface area contributed by atoms with Gasteiger partial charge < -0.3 is 9.84 Å². The zero-order valence-electron chi connectivity index (χ0n) is 8.92. The fraction of sp³-hybridized carbons (Fsp3) is 0.600. The maximum Gasteiger partial charge on any atom is 0.330 e. The molecule has 0 spiro atoms. The summed E-state index contributed by atoms with van der Waals surface area (Å²) < 4.78 is 6.81. The van der Waals surface area contributed by atoms with Gasteiger partial charge in [-0.25, -0.2) is 4.79 Å². The molecule has 1 fully saturated rings. The Bertz CT molecular complexity index is 478. The molecule has 88 valence electrons. The lowest BCUT2D eigenvalue weighted by atomic mass is 10.1. The molecule has 1 aromatic rings. The predicted octanol–water partition coefficient (Wildman–Crippen LogP) is -0.405. The molecule has 0 aromatic carbocycles. The van der Waals surface area contributed by atoms with E-state index in [0.29, 0.717) is 12.8 Å². The standard InChI is InChI=1S/C10H14N2O4/c1-2-7-6(13)5-9(16-7)12-4-3-8(14)11-10(12)15/h3-4,6-7,9,13H,2,5H2,1H3,(H,11,14,15). The molecule has 3 atom stereocenters. The van der Waals surface area contributed by atoms with Crippen LogP contribution in [0.2, 0.25) is 0 Å². The fourth-order valence-electron chi connectivity index (χ4n) is 1.91. The van der Waals surface area contributed by atoms with Gasteiger partial charge in [0, 0.05) is 18.7 Å². The van der Waals surface area contributed by atoms with Gasteiger partial charge in [-0.05, 0) is 6.42 Å². The van der Waals surface area contributed by atoms with Gasteiger partial charge in [-0.1, -0.05) is 6.92 Å². The molecule has 3 unspecified atom stereocenters. The van der Waals surface area contributed by atoms with Crippen molar-refractivity contribution in [3.8, 4) is 0 Å². The van der Waals surface area contributed by atoms with E-state index in [4.69, 9.17) is 4.74 Å². The minimum atomic E-state index is -0.561. The van der Waals surface area contributed by atoms with Gasteiger partial charge in [0.15, 0.2) is 0 Å². The van der Waals surface area contributed by atoms with Crippen LogP contribution < -0.4 is 11.2 Å². The Morgan fingerprint density at radius 2 is 2.38 bits per heavy atom. The van der Waals surface area contributed by atoms with Crippen molar-refractivity contribution in [1.82, 2.24) is 9.55 Å². The average molecular weight is 226 g/mol. The number of aliphatic hydroxyl groups is 1. The molecular weight excluding hydrogens is 212 g/mol. The third kappa shape index (κ3) is 1.94. The van der Waals surface area contributed by atoms with Gasteiger partial charge in [-0.15, -0.1) is 0 Å². The topological polar surface area (TPSA) is 84.3 Å². The van der Waals surface area contributed by atoms with Crippen molar-refractivity contribution in [2.45, 2.75) is 38.2 Å². The van der Waals surface area contributed by atoms with Gasteiger partial charge in [0.2, 0.25) is 0 Å². The van der Waals surface area contributed by atoms with Crippen LogP contribution in [0.15, 0.2) is 21.9 Å². The van der Waals surface area contributed by atoms with Crippen molar-refractivity contribution in [1.29, 1.82) is 0 Å². The number of H-pyrrole nitrogens is 1. The number of ether oxygens (including phenoxy) is 1. The third-order valence-electron chi connectivity index (χ3n) is 2.77. The zero-order chi connectivity index (χ0) is 11.7. The zero-order valence-corrected chi connectivity index (χ0v) is 8.92. The largest absolute Gasteiger partial charge is 0.390 e. The SMILES string of the molecule is CCC1OC(n2ccc(=O)[nH]c2=O)CC1O. The summed E-state index contributed by atoms with van der Waals surface area (Å²) in [6, 6.07) is 1.26. The highest BCUT2D eigenvalue weighted by molar-refractivity contribution is 4.87. The van der Waals surface area contributed by atoms with Crippen LogP contribution in [-0.4, -0.2) is 26.9 Å². The van der Waals surface area contributed by atoms with Crippen molar-refractivity contribution in [2.75, 3.05) is 0 Å². The van der Waals surface area contributed by atoms with Crippen molar-refractivity contribution >= 4 is 0 Å². The minimum Gasteiger partial charge on any atom is -0.390 e. The van der Waals surface area contributed by atoms with Crippen molar-refractivity contribution in [3.63, 3.8) is 0 Å². The Balaban J connectivity index is 2.27. The Kier molecular flexibility index (Phi) is 2.93. The van der Waals surface area contributed by atoms with Gasteiger partial charge in [0.05, 0.1) is 12.2 Å². The van der Waals surface area contributed by atoms with E-state index in [1.165, 1.54) is 16.8 Å². The normalized spacial score (nSPS) is 29.5. The van der Waals surface area contributed by atoms with E-state index in [0.717, 1.165) is 0 Å². The van der Waals surface area contributed by atoms with Crippen LogP contribution in [0.4, 0.5) is 0 Å². The summed E-state index contributed by atoms with van der Waals surface area (Å²) >= 11 is 0. The Morgan fingerprint density at radius 1 is 1.62 bits per heavy atom. The van der Waals surface area contributed by atoms with Gasteiger partial charge in [-0.3, -0.25) is 14.3 Å². The number of aromatic nitrogens is 2. The molecule has 2 N–H and O–H groups in total. The van der Waals surface area contributed by atoms with Crippen LogP contribution in [0.3, 0.4) is 0 Å². The van der Waals surface area contributed by atoms with Crippen molar-refractivity contribution in [2.24, 2.45) is 0 Å². The first-order valence-corrected chi connectivity index (χ1v) is 5.27. The van der Waals surface area contributed by atoms with Crippen LogP contribution in [0, 0.1) is 0 Å². The van der Waals surface area contributed by atoms with E-state index in [1.807, 2.05) is 6.92 Å². The lowest BCUT2D eigenvalue weighted by molar-refractivity contribution is -0.0217. The van der Waals surface area contributed by atoms with Crippen LogP contribution in [-0.2, 0) is 4.74 Å². The van der Waals surface area contributed by atoms with Crippen molar-refractivity contribution in [3.05, 3.63) is 33.1 Å². The Labute approximate surface area is 91.5 Å². The van der Waals surface area contributed by atoms with Gasteiger partial charge in [-0.2, -0.15) is 0 Å². The summed E-state index contributed by atoms with van der Waals surface area (Å²) in [5.41, 5.74) is -0.951. The van der Waals surface area contributed by atoms with E-state index < -0.39 is 23.6 Å². The van der Waals surface area contributed by atoms with Gasteiger partial charge >= 0.3 is 5.69 Å². The molecule has 1 saturated heterocycles. The number of hydrogen-bond donors (Lipinski definition) is 2. The molecule has 1 aromatic heterocycles. The number of aromatic amines is 1. The number of nitrogens with zero attached hydrogens (tertiary/aromatic N) is 1. The molecule has 16 heavy (non-hydrogen) atoms. The molecule has 0 saturated carbocycles. The second kappa shape index (κ2) is 4.23. The van der Waals surface area contributed by atoms with E-state index >= 15 is 0 Å². The van der Waals surface area contributed by atoms with Crippen LogP contribution in [0.1, 0.15) is 26.0 Å². The number of hydrogen-bond acceptors (Lipinski definition) is 4. The highest BCUT2D eigenvalue weighted by Crippen LogP contribution is 2.28. The summed E-state index contributed by atoms with van der Waals surface area (Å²) in [6.45, 7) is 1.91. The summed E-state index contributed by atoms with van der Waals surface area (Å²) in [6.07, 6.45) is 1.14. The fourth-order valence-corrected chi connectivity index (χ4v) is 1.91. The van der Waals surface area contributed by atoms with Crippen LogP contribution in [0.25, 0.3) is 0 Å². The molecule has 6 nitrogen and oxygen atoms in total. The van der Waals surface area contributed by atoms with E-state index in [2.05, 4.69) is 4.98 Å². The molecule has 0 amide bonds. The molecule has 2 heterocycles. The smallest absolute Gasteiger partial charge is 0.330 e. The second-order valence-electron chi connectivity index (χ2n) is 3.86. The molecule has 0 aliphatic carbocycles. The number of aliphatic hydroxyl groups excluding tert-OH is 1. The first-order valence-electron chi connectivity index (χ1n) is 5.27. The second-order valence-corrected chi connectivity index (χ2v) is 3.86. The Hall–Kier alpha value is -1.40. The third-order valence-corrected chi connectivity index (χ3v) is 2.77. The Morgan fingerprint density at radius 3 is 2.94 bits per heavy atom. The first-order chi connectivity index (χ1) is 7.61. The van der Waals surface area contributed by atoms with Gasteiger partial charge in [0.1, 0.15) is 6.23 Å². The summed E-state index contributed by atoms with van der Waals surface area (Å²) in [5, 5.41) is 9.65. The maximum atomic E-state index is 11.5. The van der Waals surface area contributed by atoms with Crippen molar-refractivity contribution < 1.29 is 9.84 Å². The molecular formula is C10H14N2O4. The first kappa shape index (κ1) is 11.1. The highest BCUT2D eigenvalue weighted by Gasteiger charge is 2.33. The van der Waals surface area contributed by atoms with Gasteiger partial charge in [0.25, 0.3) is 5.56 Å². The van der Waals surface area contributed by atoms with Crippen LogP contribution >= 0.6 is 0 Å². The molecule has 0 bridgehead atoms. The molecule has 0 radical (unpaired) electrons. The molecule has 2 rings (SSSR count). The van der Waals surface area contributed by atoms with E-state index in [9.17, 15) is 14.7 Å². The van der Waals surface area contributed by atoms with E-state index in [1.54, 1.807) is 0 Å². The highest BCUT2D eigenvalue weighted by atomic mass is 16.5. The molecule has 1 aliphatic rings. The predicted molar refractivity (Wildman–Crippen MR) is 56.1 cm³/mol. The number of nitrogens with one attached hydrogen (secondary N) is 1. The molecule has 6 heteroatoms. The average Bonchev–Trinajstić information content (AvgIpc) is 2.59. The molecule has 1 aliphatic heterocycles. The minimum absolute atomic E-state index is 0.246.